The molecule has 4 nitrogen and oxygen atoms in total. The number of aromatic nitrogens is 3. The van der Waals surface area contributed by atoms with Gasteiger partial charge in [-0.05, 0) is 24.6 Å². The van der Waals surface area contributed by atoms with Gasteiger partial charge in [-0.15, -0.1) is 0 Å². The maximum absolute atomic E-state index is 13.9. The summed E-state index contributed by atoms with van der Waals surface area (Å²) in [5, 5.41) is 14.6. The van der Waals surface area contributed by atoms with Gasteiger partial charge in [-0.1, -0.05) is 24.7 Å². The summed E-state index contributed by atoms with van der Waals surface area (Å²) in [4.78, 5) is 4.79. The van der Waals surface area contributed by atoms with E-state index in [2.05, 4.69) is 17.0 Å². The van der Waals surface area contributed by atoms with E-state index in [4.69, 9.17) is 0 Å². The molecule has 2 heterocycles. The highest BCUT2D eigenvalue weighted by atomic mass is 32.1. The van der Waals surface area contributed by atoms with Crippen LogP contribution in [-0.2, 0) is 6.42 Å². The van der Waals surface area contributed by atoms with Crippen molar-refractivity contribution in [2.75, 3.05) is 0 Å². The number of unbranched alkanes of at least 4 members (excludes halogenated alkanes) is 1. The molecule has 0 unspecified atom stereocenters. The molecule has 0 fully saturated rings. The van der Waals surface area contributed by atoms with Gasteiger partial charge in [0.05, 0.1) is 0 Å². The zero-order chi connectivity index (χ0) is 15.7. The average Bonchev–Trinajstić information content (AvgIpc) is 3.04. The zero-order valence-electron chi connectivity index (χ0n) is 11.8. The van der Waals surface area contributed by atoms with E-state index >= 15 is 0 Å². The van der Waals surface area contributed by atoms with Gasteiger partial charge in [0.25, 0.3) is 0 Å². The van der Waals surface area contributed by atoms with E-state index in [1.807, 2.05) is 6.07 Å². The minimum absolute atomic E-state index is 0.0237. The highest BCUT2D eigenvalue weighted by molar-refractivity contribution is 7.16. The van der Waals surface area contributed by atoms with Crippen LogP contribution in [0.5, 0.6) is 0 Å². The van der Waals surface area contributed by atoms with Crippen LogP contribution < -0.4 is 0 Å². The van der Waals surface area contributed by atoms with E-state index in [1.54, 1.807) is 0 Å². The second-order valence-corrected chi connectivity index (χ2v) is 5.88. The maximum atomic E-state index is 13.9. The molecule has 0 aliphatic rings. The quantitative estimate of drug-likeness (QED) is 0.732. The lowest BCUT2D eigenvalue weighted by molar-refractivity contribution is 0.602. The van der Waals surface area contributed by atoms with E-state index in [0.29, 0.717) is 4.96 Å². The van der Waals surface area contributed by atoms with E-state index in [-0.39, 0.29) is 17.0 Å². The lowest BCUT2D eigenvalue weighted by atomic mass is 10.1. The molecular formula is C15H12F2N4S. The molecule has 0 aliphatic heterocycles. The van der Waals surface area contributed by atoms with Gasteiger partial charge in [0, 0.05) is 12.0 Å². The lowest BCUT2D eigenvalue weighted by Crippen LogP contribution is -1.94. The topological polar surface area (TPSA) is 54.0 Å². The van der Waals surface area contributed by atoms with Crippen LogP contribution >= 0.6 is 11.3 Å². The van der Waals surface area contributed by atoms with Crippen molar-refractivity contribution in [1.82, 2.24) is 14.6 Å². The van der Waals surface area contributed by atoms with Crippen molar-refractivity contribution in [1.29, 1.82) is 5.26 Å². The molecule has 0 saturated heterocycles. The summed E-state index contributed by atoms with van der Waals surface area (Å²) >= 11 is 1.37. The molecule has 22 heavy (non-hydrogen) atoms. The summed E-state index contributed by atoms with van der Waals surface area (Å²) in [7, 11) is 0. The van der Waals surface area contributed by atoms with Crippen molar-refractivity contribution in [3.05, 3.63) is 40.5 Å². The molecule has 0 bridgehead atoms. The Labute approximate surface area is 129 Å². The summed E-state index contributed by atoms with van der Waals surface area (Å²) in [6, 6.07) is 5.09. The fraction of sp³-hybridized carbons (Fsp3) is 0.267. The molecule has 0 amide bonds. The van der Waals surface area contributed by atoms with Gasteiger partial charge in [-0.3, -0.25) is 0 Å². The van der Waals surface area contributed by atoms with Crippen LogP contribution in [0.3, 0.4) is 0 Å². The first-order valence-electron chi connectivity index (χ1n) is 6.88. The molecule has 3 rings (SSSR count). The number of benzene rings is 1. The summed E-state index contributed by atoms with van der Waals surface area (Å²) in [5.41, 5.74) is 0.225. The fourth-order valence-corrected chi connectivity index (χ4v) is 3.12. The molecule has 0 atom stereocenters. The third-order valence-electron chi connectivity index (χ3n) is 3.28. The van der Waals surface area contributed by atoms with Crippen molar-refractivity contribution in [3.8, 4) is 17.3 Å². The monoisotopic (exact) mass is 318 g/mol. The highest BCUT2D eigenvalue weighted by Crippen LogP contribution is 2.29. The van der Waals surface area contributed by atoms with Crippen molar-refractivity contribution in [3.63, 3.8) is 0 Å². The third kappa shape index (κ3) is 2.46. The second-order valence-electron chi connectivity index (χ2n) is 4.84. The first-order chi connectivity index (χ1) is 10.6. The largest absolute Gasteiger partial charge is 0.216 e. The fourth-order valence-electron chi connectivity index (χ4n) is 2.18. The standard InChI is InChI=1S/C15H12F2N4S/c1-2-3-4-13-20-21-12(8-18)14(19-15(21)22-13)10-7-9(16)5-6-11(10)17/h5-7H,2-4H2,1H3. The number of fused-ring (bicyclic) bond motifs is 1. The Kier molecular flexibility index (Phi) is 3.86. The number of halogens is 2. The molecule has 0 saturated carbocycles. The van der Waals surface area contributed by atoms with E-state index in [0.717, 1.165) is 42.5 Å². The Morgan fingerprint density at radius 1 is 1.36 bits per heavy atom. The second kappa shape index (κ2) is 5.81. The first kappa shape index (κ1) is 14.6. The molecule has 2 aromatic heterocycles. The number of rotatable bonds is 4. The number of hydrogen-bond donors (Lipinski definition) is 0. The summed E-state index contributed by atoms with van der Waals surface area (Å²) in [5.74, 6) is -1.19. The molecule has 0 N–H and O–H groups in total. The van der Waals surface area contributed by atoms with E-state index in [9.17, 15) is 14.0 Å². The number of nitrogens with zero attached hydrogens (tertiary/aromatic N) is 4. The molecule has 0 radical (unpaired) electrons. The highest BCUT2D eigenvalue weighted by Gasteiger charge is 2.20. The number of hydrogen-bond acceptors (Lipinski definition) is 4. The Hall–Kier alpha value is -2.33. The molecular weight excluding hydrogens is 306 g/mol. The van der Waals surface area contributed by atoms with Crippen LogP contribution in [0.15, 0.2) is 18.2 Å². The molecule has 1 aromatic carbocycles. The third-order valence-corrected chi connectivity index (χ3v) is 4.25. The van der Waals surface area contributed by atoms with Crippen molar-refractivity contribution < 1.29 is 8.78 Å². The summed E-state index contributed by atoms with van der Waals surface area (Å²) in [6.07, 6.45) is 2.87. The first-order valence-corrected chi connectivity index (χ1v) is 7.69. The smallest absolute Gasteiger partial charge is 0.214 e. The van der Waals surface area contributed by atoms with Gasteiger partial charge in [-0.2, -0.15) is 14.9 Å². The van der Waals surface area contributed by atoms with Gasteiger partial charge in [0.2, 0.25) is 4.96 Å². The minimum atomic E-state index is -0.616. The van der Waals surface area contributed by atoms with Crippen molar-refractivity contribution >= 4 is 16.3 Å². The van der Waals surface area contributed by atoms with Crippen LogP contribution in [0.4, 0.5) is 8.78 Å². The Bertz CT molecular complexity index is 876. The molecule has 7 heteroatoms. The summed E-state index contributed by atoms with van der Waals surface area (Å²) < 4.78 is 28.7. The normalized spacial score (nSPS) is 11.0. The average molecular weight is 318 g/mol. The van der Waals surface area contributed by atoms with E-state index < -0.39 is 11.6 Å². The predicted octanol–water partition coefficient (Wildman–Crippen LogP) is 3.95. The van der Waals surface area contributed by atoms with Crippen LogP contribution in [-0.4, -0.2) is 14.6 Å². The molecule has 112 valence electrons. The minimum Gasteiger partial charge on any atom is -0.216 e. The Morgan fingerprint density at radius 2 is 2.18 bits per heavy atom. The van der Waals surface area contributed by atoms with Crippen LogP contribution in [0.2, 0.25) is 0 Å². The predicted molar refractivity (Wildman–Crippen MR) is 79.5 cm³/mol. The Morgan fingerprint density at radius 3 is 2.91 bits per heavy atom. The van der Waals surface area contributed by atoms with Crippen molar-refractivity contribution in [2.24, 2.45) is 0 Å². The molecule has 0 spiro atoms. The van der Waals surface area contributed by atoms with Crippen LogP contribution in [0.1, 0.15) is 30.5 Å². The number of nitriles is 1. The van der Waals surface area contributed by atoms with Gasteiger partial charge in [-0.25, -0.2) is 13.8 Å². The number of imidazole rings is 1. The summed E-state index contributed by atoms with van der Waals surface area (Å²) in [6.45, 7) is 2.09. The SMILES string of the molecule is CCCCc1nn2c(C#N)c(-c3cc(F)ccc3F)nc2s1. The van der Waals surface area contributed by atoms with Crippen LogP contribution in [0.25, 0.3) is 16.2 Å². The van der Waals surface area contributed by atoms with E-state index in [1.165, 1.54) is 15.9 Å². The van der Waals surface area contributed by atoms with Gasteiger partial charge < -0.3 is 0 Å². The van der Waals surface area contributed by atoms with Gasteiger partial charge in [0.15, 0.2) is 5.69 Å². The molecule has 3 aromatic rings. The van der Waals surface area contributed by atoms with Crippen molar-refractivity contribution in [2.45, 2.75) is 26.2 Å². The maximum Gasteiger partial charge on any atom is 0.214 e. The van der Waals surface area contributed by atoms with Gasteiger partial charge in [0.1, 0.15) is 28.4 Å². The lowest BCUT2D eigenvalue weighted by Gasteiger charge is -2.00. The van der Waals surface area contributed by atoms with Gasteiger partial charge >= 0.3 is 0 Å². The molecule has 0 aliphatic carbocycles. The Balaban J connectivity index is 2.13. The number of aryl methyl sites for hydroxylation is 1. The zero-order valence-corrected chi connectivity index (χ0v) is 12.6. The van der Waals surface area contributed by atoms with Crippen LogP contribution in [0, 0.1) is 23.0 Å².